The van der Waals surface area contributed by atoms with Gasteiger partial charge in [-0.15, -0.1) is 0 Å². The lowest BCUT2D eigenvalue weighted by Gasteiger charge is -2.06. The predicted octanol–water partition coefficient (Wildman–Crippen LogP) is 3.86. The summed E-state index contributed by atoms with van der Waals surface area (Å²) in [7, 11) is 0. The molecule has 0 radical (unpaired) electrons. The molecule has 2 rings (SSSR count). The van der Waals surface area contributed by atoms with Crippen LogP contribution in [0, 0.1) is 25.0 Å². The molecule has 0 spiro atoms. The van der Waals surface area contributed by atoms with Gasteiger partial charge < -0.3 is 4.74 Å². The lowest BCUT2D eigenvalue weighted by atomic mass is 10.2. The number of ether oxygens (including phenoxy) is 1. The predicted molar refractivity (Wildman–Crippen MR) is 77.0 cm³/mol. The fourth-order valence-corrected chi connectivity index (χ4v) is 1.99. The third-order valence-electron chi connectivity index (χ3n) is 2.31. The molecule has 2 aromatic rings. The van der Waals surface area contributed by atoms with Crippen molar-refractivity contribution in [3.8, 4) is 17.6 Å². The molecular formula is C13H7IN2O3. The molecular weight excluding hydrogens is 359 g/mol. The van der Waals surface area contributed by atoms with Gasteiger partial charge in [-0.2, -0.15) is 5.26 Å². The second-order valence-corrected chi connectivity index (χ2v) is 4.86. The van der Waals surface area contributed by atoms with E-state index in [1.807, 2.05) is 12.1 Å². The Kier molecular flexibility index (Phi) is 3.97. The molecule has 0 bridgehead atoms. The molecule has 0 fully saturated rings. The van der Waals surface area contributed by atoms with Gasteiger partial charge in [0.25, 0.3) is 0 Å². The Labute approximate surface area is 122 Å². The molecule has 0 aliphatic carbocycles. The van der Waals surface area contributed by atoms with Crippen LogP contribution in [0.4, 0.5) is 5.69 Å². The summed E-state index contributed by atoms with van der Waals surface area (Å²) in [4.78, 5) is 10.4. The summed E-state index contributed by atoms with van der Waals surface area (Å²) in [6.45, 7) is 0. The first-order valence-electron chi connectivity index (χ1n) is 5.22. The van der Waals surface area contributed by atoms with Crippen molar-refractivity contribution in [3.05, 3.63) is 61.7 Å². The standard InChI is InChI=1S/C13H7IN2O3/c14-10-2-1-3-11(7-10)19-13-5-4-9(8-15)6-12(13)16(17)18/h1-7H. The average molecular weight is 366 g/mol. The zero-order valence-electron chi connectivity index (χ0n) is 9.54. The Balaban J connectivity index is 2.40. The minimum Gasteiger partial charge on any atom is -0.450 e. The van der Waals surface area contributed by atoms with Gasteiger partial charge in [-0.1, -0.05) is 6.07 Å². The van der Waals surface area contributed by atoms with Crippen LogP contribution in [0.1, 0.15) is 5.56 Å². The number of nitro groups is 1. The molecule has 0 aliphatic rings. The van der Waals surface area contributed by atoms with Crippen molar-refractivity contribution in [2.45, 2.75) is 0 Å². The van der Waals surface area contributed by atoms with E-state index in [0.29, 0.717) is 5.75 Å². The van der Waals surface area contributed by atoms with Crippen molar-refractivity contribution in [3.63, 3.8) is 0 Å². The van der Waals surface area contributed by atoms with Crippen LogP contribution in [0.2, 0.25) is 0 Å². The van der Waals surface area contributed by atoms with E-state index >= 15 is 0 Å². The van der Waals surface area contributed by atoms with Gasteiger partial charge in [0.15, 0.2) is 0 Å². The Morgan fingerprint density at radius 2 is 2.05 bits per heavy atom. The fourth-order valence-electron chi connectivity index (χ4n) is 1.47. The van der Waals surface area contributed by atoms with E-state index in [-0.39, 0.29) is 17.0 Å². The molecule has 0 N–H and O–H groups in total. The van der Waals surface area contributed by atoms with Gasteiger partial charge in [0.05, 0.1) is 16.6 Å². The molecule has 0 unspecified atom stereocenters. The lowest BCUT2D eigenvalue weighted by Crippen LogP contribution is -1.94. The van der Waals surface area contributed by atoms with Gasteiger partial charge in [-0.3, -0.25) is 10.1 Å². The monoisotopic (exact) mass is 366 g/mol. The highest BCUT2D eigenvalue weighted by atomic mass is 127. The molecule has 19 heavy (non-hydrogen) atoms. The molecule has 94 valence electrons. The summed E-state index contributed by atoms with van der Waals surface area (Å²) in [5.41, 5.74) is -0.000367. The summed E-state index contributed by atoms with van der Waals surface area (Å²) in [5.74, 6) is 0.630. The molecule has 0 heterocycles. The largest absolute Gasteiger partial charge is 0.450 e. The molecule has 0 aliphatic heterocycles. The number of nitrogens with zero attached hydrogens (tertiary/aromatic N) is 2. The quantitative estimate of drug-likeness (QED) is 0.470. The number of rotatable bonds is 3. The van der Waals surface area contributed by atoms with Crippen LogP contribution in [-0.4, -0.2) is 4.92 Å². The second kappa shape index (κ2) is 5.67. The number of nitriles is 1. The van der Waals surface area contributed by atoms with Gasteiger partial charge in [-0.05, 0) is 52.9 Å². The van der Waals surface area contributed by atoms with Gasteiger partial charge in [-0.25, -0.2) is 0 Å². The molecule has 0 amide bonds. The highest BCUT2D eigenvalue weighted by molar-refractivity contribution is 14.1. The van der Waals surface area contributed by atoms with E-state index in [0.717, 1.165) is 3.57 Å². The highest BCUT2D eigenvalue weighted by Crippen LogP contribution is 2.32. The lowest BCUT2D eigenvalue weighted by molar-refractivity contribution is -0.385. The summed E-state index contributed by atoms with van der Waals surface area (Å²) in [5, 5.41) is 19.7. The van der Waals surface area contributed by atoms with E-state index in [4.69, 9.17) is 10.00 Å². The Hall–Kier alpha value is -2.14. The molecule has 2 aromatic carbocycles. The number of hydrogen-bond donors (Lipinski definition) is 0. The number of benzene rings is 2. The topological polar surface area (TPSA) is 76.2 Å². The maximum absolute atomic E-state index is 11.0. The number of hydrogen-bond acceptors (Lipinski definition) is 4. The second-order valence-electron chi connectivity index (χ2n) is 3.61. The van der Waals surface area contributed by atoms with Crippen LogP contribution in [0.25, 0.3) is 0 Å². The SMILES string of the molecule is N#Cc1ccc(Oc2cccc(I)c2)c([N+](=O)[O-])c1. The van der Waals surface area contributed by atoms with E-state index in [1.165, 1.54) is 18.2 Å². The van der Waals surface area contributed by atoms with Crippen LogP contribution in [0.15, 0.2) is 42.5 Å². The smallest absolute Gasteiger partial charge is 0.312 e. The van der Waals surface area contributed by atoms with Crippen LogP contribution in [0.3, 0.4) is 0 Å². The molecule has 0 aromatic heterocycles. The Bertz CT molecular complexity index is 680. The van der Waals surface area contributed by atoms with Crippen LogP contribution < -0.4 is 4.74 Å². The van der Waals surface area contributed by atoms with E-state index in [1.54, 1.807) is 18.2 Å². The average Bonchev–Trinajstić information content (AvgIpc) is 2.39. The van der Waals surface area contributed by atoms with Crippen molar-refractivity contribution in [2.75, 3.05) is 0 Å². The van der Waals surface area contributed by atoms with Crippen molar-refractivity contribution in [1.29, 1.82) is 5.26 Å². The van der Waals surface area contributed by atoms with Crippen molar-refractivity contribution in [2.24, 2.45) is 0 Å². The Morgan fingerprint density at radius 3 is 2.68 bits per heavy atom. The molecule has 5 nitrogen and oxygen atoms in total. The van der Waals surface area contributed by atoms with E-state index in [2.05, 4.69) is 22.6 Å². The summed E-state index contributed by atoms with van der Waals surface area (Å²) < 4.78 is 6.46. The van der Waals surface area contributed by atoms with Gasteiger partial charge >= 0.3 is 5.69 Å². The number of nitro benzene ring substituents is 1. The van der Waals surface area contributed by atoms with Crippen molar-refractivity contribution >= 4 is 28.3 Å². The zero-order valence-corrected chi connectivity index (χ0v) is 11.7. The fraction of sp³-hybridized carbons (Fsp3) is 0. The number of halogens is 1. The zero-order chi connectivity index (χ0) is 13.8. The van der Waals surface area contributed by atoms with Crippen LogP contribution in [0.5, 0.6) is 11.5 Å². The first-order chi connectivity index (χ1) is 9.10. The van der Waals surface area contributed by atoms with Crippen LogP contribution >= 0.6 is 22.6 Å². The van der Waals surface area contributed by atoms with Crippen LogP contribution in [-0.2, 0) is 0 Å². The molecule has 0 atom stereocenters. The minimum atomic E-state index is -0.565. The maximum Gasteiger partial charge on any atom is 0.312 e. The summed E-state index contributed by atoms with van der Waals surface area (Å²) in [6, 6.07) is 13.1. The molecule has 0 saturated heterocycles. The first-order valence-corrected chi connectivity index (χ1v) is 6.30. The Morgan fingerprint density at radius 1 is 1.26 bits per heavy atom. The third-order valence-corrected chi connectivity index (χ3v) is 2.98. The third kappa shape index (κ3) is 3.20. The molecule has 0 saturated carbocycles. The summed E-state index contributed by atoms with van der Waals surface area (Å²) in [6.07, 6.45) is 0. The van der Waals surface area contributed by atoms with Gasteiger partial charge in [0.1, 0.15) is 5.75 Å². The van der Waals surface area contributed by atoms with Crippen molar-refractivity contribution < 1.29 is 9.66 Å². The van der Waals surface area contributed by atoms with E-state index < -0.39 is 4.92 Å². The molecule has 6 heteroatoms. The first kappa shape index (κ1) is 13.3. The highest BCUT2D eigenvalue weighted by Gasteiger charge is 2.16. The summed E-state index contributed by atoms with van der Waals surface area (Å²) >= 11 is 2.12. The normalized spacial score (nSPS) is 9.68. The minimum absolute atomic E-state index is 0.117. The van der Waals surface area contributed by atoms with E-state index in [9.17, 15) is 10.1 Å². The van der Waals surface area contributed by atoms with Crippen molar-refractivity contribution in [1.82, 2.24) is 0 Å². The maximum atomic E-state index is 11.0. The van der Waals surface area contributed by atoms with Gasteiger partial charge in [0, 0.05) is 9.64 Å². The van der Waals surface area contributed by atoms with Gasteiger partial charge in [0.2, 0.25) is 5.75 Å².